The third-order valence-electron chi connectivity index (χ3n) is 2.86. The summed E-state index contributed by atoms with van der Waals surface area (Å²) in [5.41, 5.74) is 5.43. The summed E-state index contributed by atoms with van der Waals surface area (Å²) in [7, 11) is 0. The van der Waals surface area contributed by atoms with E-state index in [2.05, 4.69) is 15.3 Å². The fourth-order valence-electron chi connectivity index (χ4n) is 1.70. The maximum atomic E-state index is 11.9. The van der Waals surface area contributed by atoms with Gasteiger partial charge in [-0.1, -0.05) is 13.8 Å². The molecule has 0 radical (unpaired) electrons. The fraction of sp³-hybridized carbons (Fsp3) is 0.667. The maximum absolute atomic E-state index is 11.9. The molecule has 96 valence electrons. The minimum atomic E-state index is -0.0298. The molecule has 4 N–H and O–H groups in total. The molecule has 2 atom stereocenters. The summed E-state index contributed by atoms with van der Waals surface area (Å²) in [6.45, 7) is 4.59. The molecule has 2 unspecified atom stereocenters. The largest absolute Gasteiger partial charge is 0.347 e. The van der Waals surface area contributed by atoms with Crippen LogP contribution in [0.1, 0.15) is 45.0 Å². The lowest BCUT2D eigenvalue weighted by Gasteiger charge is -2.18. The molecule has 0 bridgehead atoms. The number of nitrogens with zero attached hydrogens (tertiary/aromatic N) is 1. The SMILES string of the molecule is CCC(NC(=O)C(C)CCCN)c1ncc[nH]1. The number of carbonyl (C=O) groups excluding carboxylic acids is 1. The molecule has 1 amide bonds. The van der Waals surface area contributed by atoms with Gasteiger partial charge in [-0.05, 0) is 25.8 Å². The normalized spacial score (nSPS) is 14.3. The van der Waals surface area contributed by atoms with Gasteiger partial charge in [0.25, 0.3) is 0 Å². The third-order valence-corrected chi connectivity index (χ3v) is 2.86. The van der Waals surface area contributed by atoms with Crippen molar-refractivity contribution in [3.63, 3.8) is 0 Å². The van der Waals surface area contributed by atoms with Crippen LogP contribution in [-0.4, -0.2) is 22.4 Å². The van der Waals surface area contributed by atoms with E-state index in [1.807, 2.05) is 13.8 Å². The Morgan fingerprint density at radius 3 is 2.94 bits per heavy atom. The second kappa shape index (κ2) is 7.06. The van der Waals surface area contributed by atoms with Gasteiger partial charge >= 0.3 is 0 Å². The Kier molecular flexibility index (Phi) is 5.69. The van der Waals surface area contributed by atoms with Crippen molar-refractivity contribution in [1.82, 2.24) is 15.3 Å². The van der Waals surface area contributed by atoms with Gasteiger partial charge < -0.3 is 16.0 Å². The van der Waals surface area contributed by atoms with Gasteiger partial charge in [-0.15, -0.1) is 0 Å². The monoisotopic (exact) mass is 238 g/mol. The Morgan fingerprint density at radius 2 is 2.41 bits per heavy atom. The van der Waals surface area contributed by atoms with E-state index in [1.54, 1.807) is 12.4 Å². The maximum Gasteiger partial charge on any atom is 0.223 e. The second-order valence-electron chi connectivity index (χ2n) is 4.28. The Hall–Kier alpha value is -1.36. The molecule has 1 heterocycles. The topological polar surface area (TPSA) is 83.8 Å². The third kappa shape index (κ3) is 4.19. The lowest BCUT2D eigenvalue weighted by Crippen LogP contribution is -2.33. The molecule has 0 saturated heterocycles. The van der Waals surface area contributed by atoms with E-state index in [1.165, 1.54) is 0 Å². The average molecular weight is 238 g/mol. The number of H-pyrrole nitrogens is 1. The van der Waals surface area contributed by atoms with E-state index in [9.17, 15) is 4.79 Å². The van der Waals surface area contributed by atoms with Gasteiger partial charge in [-0.2, -0.15) is 0 Å². The number of nitrogens with one attached hydrogen (secondary N) is 2. The van der Waals surface area contributed by atoms with Crippen LogP contribution in [0.15, 0.2) is 12.4 Å². The molecule has 1 rings (SSSR count). The first kappa shape index (κ1) is 13.7. The lowest BCUT2D eigenvalue weighted by atomic mass is 10.0. The summed E-state index contributed by atoms with van der Waals surface area (Å²) in [6, 6.07) is -0.0298. The van der Waals surface area contributed by atoms with Crippen LogP contribution in [0.2, 0.25) is 0 Å². The number of rotatable bonds is 7. The van der Waals surface area contributed by atoms with E-state index in [0.717, 1.165) is 25.1 Å². The minimum Gasteiger partial charge on any atom is -0.347 e. The number of aromatic nitrogens is 2. The number of aromatic amines is 1. The molecule has 0 aliphatic carbocycles. The summed E-state index contributed by atoms with van der Waals surface area (Å²) in [4.78, 5) is 19.1. The molecular formula is C12H22N4O. The van der Waals surface area contributed by atoms with Crippen molar-refractivity contribution >= 4 is 5.91 Å². The van der Waals surface area contributed by atoms with Crippen molar-refractivity contribution < 1.29 is 4.79 Å². The Labute approximate surface area is 102 Å². The molecule has 0 aliphatic rings. The fourth-order valence-corrected chi connectivity index (χ4v) is 1.70. The van der Waals surface area contributed by atoms with Gasteiger partial charge in [0.15, 0.2) is 0 Å². The molecule has 5 heteroatoms. The first-order valence-electron chi connectivity index (χ1n) is 6.18. The highest BCUT2D eigenvalue weighted by Crippen LogP contribution is 2.13. The number of nitrogens with two attached hydrogens (primary N) is 1. The van der Waals surface area contributed by atoms with E-state index < -0.39 is 0 Å². The van der Waals surface area contributed by atoms with E-state index in [0.29, 0.717) is 6.54 Å². The number of hydrogen-bond donors (Lipinski definition) is 3. The van der Waals surface area contributed by atoms with Crippen LogP contribution in [-0.2, 0) is 4.79 Å². The van der Waals surface area contributed by atoms with Crippen molar-refractivity contribution in [3.05, 3.63) is 18.2 Å². The highest BCUT2D eigenvalue weighted by molar-refractivity contribution is 5.78. The summed E-state index contributed by atoms with van der Waals surface area (Å²) in [5.74, 6) is 0.885. The summed E-state index contributed by atoms with van der Waals surface area (Å²) < 4.78 is 0. The van der Waals surface area contributed by atoms with Gasteiger partial charge in [0.2, 0.25) is 5.91 Å². The van der Waals surface area contributed by atoms with Crippen LogP contribution in [0.3, 0.4) is 0 Å². The molecular weight excluding hydrogens is 216 g/mol. The second-order valence-corrected chi connectivity index (χ2v) is 4.28. The highest BCUT2D eigenvalue weighted by atomic mass is 16.1. The summed E-state index contributed by atoms with van der Waals surface area (Å²) in [6.07, 6.45) is 6.00. The van der Waals surface area contributed by atoms with E-state index in [4.69, 9.17) is 5.73 Å². The molecule has 1 aromatic heterocycles. The predicted octanol–water partition coefficient (Wildman–Crippen LogP) is 1.35. The van der Waals surface area contributed by atoms with Crippen LogP contribution in [0.25, 0.3) is 0 Å². The van der Waals surface area contributed by atoms with Crippen molar-refractivity contribution in [2.75, 3.05) is 6.54 Å². The number of hydrogen-bond acceptors (Lipinski definition) is 3. The molecule has 0 saturated carbocycles. The minimum absolute atomic E-state index is 0.00237. The zero-order valence-corrected chi connectivity index (χ0v) is 10.6. The quantitative estimate of drug-likeness (QED) is 0.670. The number of imidazole rings is 1. The standard InChI is InChI=1S/C12H22N4O/c1-3-10(11-14-7-8-15-11)16-12(17)9(2)5-4-6-13/h7-10H,3-6,13H2,1-2H3,(H,14,15)(H,16,17). The first-order valence-corrected chi connectivity index (χ1v) is 6.18. The van der Waals surface area contributed by atoms with Gasteiger partial charge in [0, 0.05) is 18.3 Å². The average Bonchev–Trinajstić information content (AvgIpc) is 2.86. The van der Waals surface area contributed by atoms with Gasteiger partial charge in [-0.3, -0.25) is 4.79 Å². The summed E-state index contributed by atoms with van der Waals surface area (Å²) >= 11 is 0. The summed E-state index contributed by atoms with van der Waals surface area (Å²) in [5, 5.41) is 3.00. The van der Waals surface area contributed by atoms with Gasteiger partial charge in [-0.25, -0.2) is 4.98 Å². The van der Waals surface area contributed by atoms with Gasteiger partial charge in [0.1, 0.15) is 5.82 Å². The smallest absolute Gasteiger partial charge is 0.223 e. The molecule has 17 heavy (non-hydrogen) atoms. The molecule has 0 fully saturated rings. The number of carbonyl (C=O) groups is 1. The molecule has 0 spiro atoms. The van der Waals surface area contributed by atoms with Crippen molar-refractivity contribution in [3.8, 4) is 0 Å². The number of amides is 1. The molecule has 1 aromatic rings. The van der Waals surface area contributed by atoms with Crippen molar-refractivity contribution in [2.45, 2.75) is 39.2 Å². The van der Waals surface area contributed by atoms with Crippen LogP contribution >= 0.6 is 0 Å². The van der Waals surface area contributed by atoms with Crippen LogP contribution in [0.5, 0.6) is 0 Å². The Bertz CT molecular complexity index is 323. The Morgan fingerprint density at radius 1 is 1.65 bits per heavy atom. The van der Waals surface area contributed by atoms with Crippen LogP contribution in [0, 0.1) is 5.92 Å². The molecule has 0 aliphatic heterocycles. The molecule has 0 aromatic carbocycles. The lowest BCUT2D eigenvalue weighted by molar-refractivity contribution is -0.125. The predicted molar refractivity (Wildman–Crippen MR) is 67.2 cm³/mol. The van der Waals surface area contributed by atoms with E-state index in [-0.39, 0.29) is 17.9 Å². The van der Waals surface area contributed by atoms with Crippen LogP contribution < -0.4 is 11.1 Å². The van der Waals surface area contributed by atoms with Crippen molar-refractivity contribution in [2.24, 2.45) is 11.7 Å². The Balaban J connectivity index is 2.48. The zero-order chi connectivity index (χ0) is 12.7. The van der Waals surface area contributed by atoms with Crippen molar-refractivity contribution in [1.29, 1.82) is 0 Å². The van der Waals surface area contributed by atoms with Crippen LogP contribution in [0.4, 0.5) is 0 Å². The molecule has 5 nitrogen and oxygen atoms in total. The highest BCUT2D eigenvalue weighted by Gasteiger charge is 2.18. The zero-order valence-electron chi connectivity index (χ0n) is 10.6. The first-order chi connectivity index (χ1) is 8.19. The van der Waals surface area contributed by atoms with E-state index >= 15 is 0 Å². The van der Waals surface area contributed by atoms with Gasteiger partial charge in [0.05, 0.1) is 6.04 Å².